The molecule has 19 N–H and O–H groups in total. The van der Waals surface area contributed by atoms with Crippen molar-refractivity contribution in [3.63, 3.8) is 0 Å². The zero-order valence-corrected chi connectivity index (χ0v) is 52.4. The van der Waals surface area contributed by atoms with Crippen molar-refractivity contribution in [1.29, 1.82) is 0 Å². The monoisotopic (exact) mass is 1300 g/mol. The molecular formula is C61H82N12O18S. The summed E-state index contributed by atoms with van der Waals surface area (Å²) in [5.74, 6) is -16.4. The number of hydrogen-bond acceptors (Lipinski definition) is 17. The first kappa shape index (κ1) is 74.8. The Morgan fingerprint density at radius 1 is 0.511 bits per heavy atom. The first-order valence-electron chi connectivity index (χ1n) is 29.4. The van der Waals surface area contributed by atoms with Crippen LogP contribution in [-0.4, -0.2) is 186 Å². The molecule has 0 bridgehead atoms. The summed E-state index contributed by atoms with van der Waals surface area (Å²) < 4.78 is 0. The van der Waals surface area contributed by atoms with Crippen LogP contribution in [0, 0.1) is 11.8 Å². The fraction of sp³-hybridized carbons (Fsp3) is 0.459. The minimum atomic E-state index is -1.95. The van der Waals surface area contributed by atoms with Gasteiger partial charge in [0.2, 0.25) is 59.1 Å². The lowest BCUT2D eigenvalue weighted by molar-refractivity contribution is -0.144. The van der Waals surface area contributed by atoms with Gasteiger partial charge < -0.3 is 89.8 Å². The van der Waals surface area contributed by atoms with Crippen molar-refractivity contribution < 1.29 is 87.9 Å². The van der Waals surface area contributed by atoms with Crippen molar-refractivity contribution in [2.24, 2.45) is 23.3 Å². The van der Waals surface area contributed by atoms with E-state index in [0.29, 0.717) is 33.3 Å². The summed E-state index contributed by atoms with van der Waals surface area (Å²) in [7, 11) is 0. The molecule has 4 aromatic rings. The number of carbonyl (C=O) groups is 13. The minimum absolute atomic E-state index is 0.0214. The highest BCUT2D eigenvalue weighted by Gasteiger charge is 2.39. The van der Waals surface area contributed by atoms with Gasteiger partial charge in [-0.25, -0.2) is 4.79 Å². The van der Waals surface area contributed by atoms with E-state index in [0.717, 1.165) is 6.92 Å². The molecular weight excluding hydrogens is 1220 g/mol. The van der Waals surface area contributed by atoms with Crippen LogP contribution in [0.5, 0.6) is 5.75 Å². The number of carbonyl (C=O) groups excluding carboxylic acids is 10. The molecule has 0 radical (unpaired) electrons. The lowest BCUT2D eigenvalue weighted by atomic mass is 9.96. The van der Waals surface area contributed by atoms with Crippen LogP contribution in [0.4, 0.5) is 0 Å². The molecule has 0 aliphatic carbocycles. The summed E-state index contributed by atoms with van der Waals surface area (Å²) in [5, 5.41) is 72.4. The number of aromatic nitrogens is 1. The van der Waals surface area contributed by atoms with E-state index in [1.807, 2.05) is 0 Å². The summed E-state index contributed by atoms with van der Waals surface area (Å²) in [6.45, 7) is 7.37. The second-order valence-corrected chi connectivity index (χ2v) is 23.4. The standard InChI is InChI=1S/C61H82N12O18S/c1-7-31(4)50(72-53(82)40(21-22-92-6)65-52(81)38(62)26-47(77)78)59(88)73-51(32(5)74)60(89)70-44(27-46(63)76)57(86)68-43(25-35-29-64-39-16-12-11-15-37(35)39)56(85)67-42(24-34-17-19-36(75)20-18-34)54(83)66-41(23-33-13-9-8-10-14-33)55(84)69-45(28-48(79)80)58(87)71-49(30(2)3)61(90)91/h8-20,29-32,38,40-45,49-51,64,74-75H,7,21-28,62H2,1-6H3,(H2,63,76)(H,65,81)(H,66,83)(H,67,85)(H,68,86)(H,69,84)(H,70,89)(H,71,87)(H,72,82)(H,73,88)(H,77,78)(H,79,80)(H,90,91)/t31-,32+,38-,40-,41-,42-,43-,44-,45-,49-,50-,51-/m0/s1. The second kappa shape index (κ2) is 36.3. The Morgan fingerprint density at radius 2 is 0.957 bits per heavy atom. The van der Waals surface area contributed by atoms with Crippen molar-refractivity contribution in [3.8, 4) is 5.75 Å². The van der Waals surface area contributed by atoms with Gasteiger partial charge in [0.15, 0.2) is 0 Å². The van der Waals surface area contributed by atoms with E-state index in [1.165, 1.54) is 49.9 Å². The highest BCUT2D eigenvalue weighted by molar-refractivity contribution is 7.98. The van der Waals surface area contributed by atoms with Crippen LogP contribution in [-0.2, 0) is 81.6 Å². The zero-order chi connectivity index (χ0) is 68.5. The van der Waals surface area contributed by atoms with Gasteiger partial charge in [0.25, 0.3) is 0 Å². The van der Waals surface area contributed by atoms with Crippen molar-refractivity contribution in [3.05, 3.63) is 102 Å². The number of nitrogens with one attached hydrogen (secondary N) is 10. The average molecular weight is 1300 g/mol. The van der Waals surface area contributed by atoms with E-state index in [1.54, 1.807) is 80.9 Å². The van der Waals surface area contributed by atoms with Gasteiger partial charge >= 0.3 is 17.9 Å². The maximum Gasteiger partial charge on any atom is 0.326 e. The molecule has 0 aliphatic rings. The number of benzene rings is 3. The fourth-order valence-electron chi connectivity index (χ4n) is 9.45. The Bertz CT molecular complexity index is 3260. The van der Waals surface area contributed by atoms with Crippen LogP contribution in [0.15, 0.2) is 85.1 Å². The van der Waals surface area contributed by atoms with Crippen molar-refractivity contribution >= 4 is 99.6 Å². The zero-order valence-electron chi connectivity index (χ0n) is 51.6. The molecule has 10 amide bonds. The number of phenolic OH excluding ortho intramolecular Hbond substituents is 1. The van der Waals surface area contributed by atoms with Crippen LogP contribution in [0.2, 0.25) is 0 Å². The van der Waals surface area contributed by atoms with Crippen molar-refractivity contribution in [1.82, 2.24) is 52.8 Å². The number of phenols is 1. The number of nitrogens with two attached hydrogens (primary N) is 2. The third-order valence-corrected chi connectivity index (χ3v) is 15.4. The van der Waals surface area contributed by atoms with E-state index in [4.69, 9.17) is 16.6 Å². The summed E-state index contributed by atoms with van der Waals surface area (Å²) in [4.78, 5) is 178. The lowest BCUT2D eigenvalue weighted by Crippen LogP contribution is -2.63. The highest BCUT2D eigenvalue weighted by atomic mass is 32.2. The third kappa shape index (κ3) is 23.6. The normalized spacial score (nSPS) is 15.1. The number of aromatic hydroxyl groups is 1. The molecule has 3 aromatic carbocycles. The van der Waals surface area contributed by atoms with E-state index < -0.39 is 175 Å². The molecule has 4 rings (SSSR count). The molecule has 0 saturated carbocycles. The number of amides is 10. The predicted octanol–water partition coefficient (Wildman–Crippen LogP) is -1.66. The topological polar surface area (TPSA) is 499 Å². The van der Waals surface area contributed by atoms with E-state index in [2.05, 4.69) is 52.8 Å². The smallest absolute Gasteiger partial charge is 0.326 e. The quantitative estimate of drug-likeness (QED) is 0.0239. The number of hydrogen-bond donors (Lipinski definition) is 17. The lowest BCUT2D eigenvalue weighted by Gasteiger charge is -2.30. The summed E-state index contributed by atoms with van der Waals surface area (Å²) in [6.07, 6.45) is -1.90. The third-order valence-electron chi connectivity index (χ3n) is 14.8. The molecule has 92 heavy (non-hydrogen) atoms. The number of carboxylic acids is 3. The van der Waals surface area contributed by atoms with Gasteiger partial charge in [-0.15, -0.1) is 0 Å². The summed E-state index contributed by atoms with van der Waals surface area (Å²) >= 11 is 1.32. The van der Waals surface area contributed by atoms with Crippen molar-refractivity contribution in [2.75, 3.05) is 12.0 Å². The van der Waals surface area contributed by atoms with Gasteiger partial charge in [-0.05, 0) is 72.1 Å². The molecule has 1 aromatic heterocycles. The van der Waals surface area contributed by atoms with E-state index >= 15 is 4.79 Å². The molecule has 31 heteroatoms. The predicted molar refractivity (Wildman–Crippen MR) is 334 cm³/mol. The fourth-order valence-corrected chi connectivity index (χ4v) is 9.92. The minimum Gasteiger partial charge on any atom is -0.508 e. The number of aliphatic hydroxyl groups excluding tert-OH is 1. The number of para-hydroxylation sites is 1. The number of fused-ring (bicyclic) bond motifs is 1. The number of rotatable bonds is 38. The average Bonchev–Trinajstić information content (AvgIpc) is 1.67. The van der Waals surface area contributed by atoms with Gasteiger partial charge in [-0.2, -0.15) is 11.8 Å². The molecule has 0 saturated heterocycles. The largest absolute Gasteiger partial charge is 0.508 e. The molecule has 1 heterocycles. The van der Waals surface area contributed by atoms with Crippen LogP contribution >= 0.6 is 11.8 Å². The van der Waals surface area contributed by atoms with Gasteiger partial charge in [0.05, 0.1) is 31.4 Å². The molecule has 0 spiro atoms. The van der Waals surface area contributed by atoms with E-state index in [-0.39, 0.29) is 37.9 Å². The maximum atomic E-state index is 15.0. The number of H-pyrrole nitrogens is 1. The first-order chi connectivity index (χ1) is 43.4. The van der Waals surface area contributed by atoms with Crippen LogP contribution in [0.3, 0.4) is 0 Å². The number of carboxylic acid groups (broad SMARTS) is 3. The molecule has 0 aliphatic heterocycles. The molecule has 0 unspecified atom stereocenters. The summed E-state index contributed by atoms with van der Waals surface area (Å²) in [6, 6.07) is 3.91. The van der Waals surface area contributed by atoms with Gasteiger partial charge in [0, 0.05) is 36.4 Å². The van der Waals surface area contributed by atoms with Crippen LogP contribution < -0.4 is 59.3 Å². The Balaban J connectivity index is 1.72. The molecule has 0 fully saturated rings. The van der Waals surface area contributed by atoms with Crippen molar-refractivity contribution in [2.45, 2.75) is 153 Å². The van der Waals surface area contributed by atoms with Gasteiger partial charge in [0.1, 0.15) is 60.1 Å². The van der Waals surface area contributed by atoms with Gasteiger partial charge in [-0.1, -0.05) is 94.8 Å². The van der Waals surface area contributed by atoms with Crippen LogP contribution in [0.25, 0.3) is 10.9 Å². The molecule has 500 valence electrons. The summed E-state index contributed by atoms with van der Waals surface area (Å²) in [5.41, 5.74) is 13.2. The Kier molecular flexibility index (Phi) is 29.5. The highest BCUT2D eigenvalue weighted by Crippen LogP contribution is 2.21. The number of primary amides is 1. The van der Waals surface area contributed by atoms with Crippen LogP contribution in [0.1, 0.15) is 83.4 Å². The Labute approximate surface area is 533 Å². The van der Waals surface area contributed by atoms with Gasteiger partial charge in [-0.3, -0.25) is 57.5 Å². The molecule has 30 nitrogen and oxygen atoms in total. The second-order valence-electron chi connectivity index (χ2n) is 22.4. The Hall–Kier alpha value is -9.62. The SMILES string of the molecule is CC[C@H](C)[C@H](NC(=O)[C@H](CCSC)NC(=O)[C@@H](N)CC(=O)O)C(=O)N[C@H](C(=O)N[C@@H](CC(N)=O)C(=O)N[C@@H](Cc1c[nH]c2ccccc12)C(=O)N[C@@H](Cc1ccc(O)cc1)C(=O)N[C@@H](Cc1ccccc1)C(=O)N[C@@H](CC(=O)O)C(=O)N[C@H](C(=O)O)C(C)C)[C@@H](C)O. The van der Waals surface area contributed by atoms with E-state index in [9.17, 15) is 78.0 Å². The number of aliphatic carboxylic acids is 3. The maximum absolute atomic E-state index is 15.0. The first-order valence-corrected chi connectivity index (χ1v) is 30.8. The number of aromatic amines is 1. The number of thioether (sulfide) groups is 1. The Morgan fingerprint density at radius 3 is 1.48 bits per heavy atom. The number of aliphatic hydroxyl groups is 1. The molecule has 12 atom stereocenters.